The highest BCUT2D eigenvalue weighted by Crippen LogP contribution is 2.38. The molecule has 3 heterocycles. The Bertz CT molecular complexity index is 1500. The second-order valence-electron chi connectivity index (χ2n) is 10.4. The highest BCUT2D eigenvalue weighted by Gasteiger charge is 2.27. The van der Waals surface area contributed by atoms with Gasteiger partial charge < -0.3 is 15.3 Å². The maximum absolute atomic E-state index is 10.7. The molecule has 1 atom stereocenters. The molecule has 2 aromatic heterocycles. The van der Waals surface area contributed by atoms with E-state index in [-0.39, 0.29) is 0 Å². The number of piperidine rings is 1. The van der Waals surface area contributed by atoms with E-state index in [2.05, 4.69) is 43.9 Å². The van der Waals surface area contributed by atoms with Crippen LogP contribution in [0.2, 0.25) is 5.02 Å². The van der Waals surface area contributed by atoms with E-state index in [9.17, 15) is 5.11 Å². The molecule has 38 heavy (non-hydrogen) atoms. The van der Waals surface area contributed by atoms with E-state index in [4.69, 9.17) is 23.0 Å². The monoisotopic (exact) mass is 526 g/mol. The number of aliphatic hydroxyl groups excluding tert-OH is 1. The first kappa shape index (κ1) is 24.9. The summed E-state index contributed by atoms with van der Waals surface area (Å²) in [4.78, 5) is 11.6. The smallest absolute Gasteiger partial charge is 0.227 e. The lowest BCUT2D eigenvalue weighted by molar-refractivity contribution is 0.0973. The number of anilines is 2. The van der Waals surface area contributed by atoms with Crippen molar-refractivity contribution in [2.24, 2.45) is 0 Å². The van der Waals surface area contributed by atoms with Crippen LogP contribution in [0.1, 0.15) is 66.1 Å². The summed E-state index contributed by atoms with van der Waals surface area (Å²) in [6.07, 6.45) is 12.9. The molecule has 2 aromatic carbocycles. The quantitative estimate of drug-likeness (QED) is 0.298. The number of benzene rings is 2. The van der Waals surface area contributed by atoms with Gasteiger partial charge in [0.25, 0.3) is 0 Å². The number of likely N-dealkylation sites (tertiary alicyclic amines) is 1. The summed E-state index contributed by atoms with van der Waals surface area (Å²) in [7, 11) is 0. The van der Waals surface area contributed by atoms with Gasteiger partial charge >= 0.3 is 0 Å². The zero-order chi connectivity index (χ0) is 26.2. The molecule has 2 aliphatic rings. The number of terminal acetylenes is 1. The van der Waals surface area contributed by atoms with Gasteiger partial charge in [-0.25, -0.2) is 9.97 Å². The molecule has 1 unspecified atom stereocenters. The second kappa shape index (κ2) is 10.4. The Labute approximate surface area is 227 Å². The van der Waals surface area contributed by atoms with Crippen molar-refractivity contribution in [3.8, 4) is 12.3 Å². The molecule has 1 saturated heterocycles. The topological polar surface area (TPSA) is 79.1 Å². The molecule has 8 heteroatoms. The van der Waals surface area contributed by atoms with E-state index in [1.165, 1.54) is 12.8 Å². The number of nitrogens with zero attached hydrogens (tertiary/aromatic N) is 5. The largest absolute Gasteiger partial charge is 0.387 e. The third kappa shape index (κ3) is 5.12. The molecule has 1 aliphatic heterocycles. The highest BCUT2D eigenvalue weighted by atomic mass is 35.5. The van der Waals surface area contributed by atoms with Crippen molar-refractivity contribution in [1.29, 1.82) is 0 Å². The van der Waals surface area contributed by atoms with Crippen LogP contribution in [0.15, 0.2) is 48.8 Å². The molecule has 6 rings (SSSR count). The van der Waals surface area contributed by atoms with Crippen LogP contribution in [-0.4, -0.2) is 49.4 Å². The Morgan fingerprint density at radius 1 is 1.13 bits per heavy atom. The zero-order valence-electron chi connectivity index (χ0n) is 21.4. The summed E-state index contributed by atoms with van der Waals surface area (Å²) in [6.45, 7) is 4.48. The van der Waals surface area contributed by atoms with Crippen molar-refractivity contribution in [2.75, 3.05) is 25.0 Å². The Kier molecular flexibility index (Phi) is 6.79. The van der Waals surface area contributed by atoms with Crippen LogP contribution >= 0.6 is 11.6 Å². The number of fused-ring (bicyclic) bond motifs is 1. The zero-order valence-corrected chi connectivity index (χ0v) is 22.2. The fourth-order valence-corrected chi connectivity index (χ4v) is 5.70. The number of rotatable bonds is 7. The van der Waals surface area contributed by atoms with Crippen molar-refractivity contribution in [3.05, 3.63) is 76.2 Å². The molecule has 0 radical (unpaired) electrons. The van der Waals surface area contributed by atoms with Gasteiger partial charge in [-0.2, -0.15) is 5.10 Å². The van der Waals surface area contributed by atoms with Crippen LogP contribution in [0, 0.1) is 19.3 Å². The van der Waals surface area contributed by atoms with Gasteiger partial charge in [-0.3, -0.25) is 4.68 Å². The van der Waals surface area contributed by atoms with Gasteiger partial charge in [-0.1, -0.05) is 29.7 Å². The van der Waals surface area contributed by atoms with Crippen molar-refractivity contribution in [2.45, 2.75) is 50.7 Å². The fourth-order valence-electron chi connectivity index (χ4n) is 5.37. The minimum absolute atomic E-state index is 0.348. The van der Waals surface area contributed by atoms with Gasteiger partial charge in [0.2, 0.25) is 5.95 Å². The maximum atomic E-state index is 10.7. The van der Waals surface area contributed by atoms with Crippen LogP contribution < -0.4 is 5.32 Å². The van der Waals surface area contributed by atoms with Gasteiger partial charge in [0, 0.05) is 28.7 Å². The third-order valence-corrected chi connectivity index (χ3v) is 8.13. The summed E-state index contributed by atoms with van der Waals surface area (Å²) in [6, 6.07) is 12.2. The van der Waals surface area contributed by atoms with Crippen LogP contribution in [-0.2, 0) is 0 Å². The normalized spacial score (nSPS) is 17.4. The van der Waals surface area contributed by atoms with Gasteiger partial charge in [0.15, 0.2) is 0 Å². The number of hydrogen-bond donors (Lipinski definition) is 2. The predicted octanol–water partition coefficient (Wildman–Crippen LogP) is 5.76. The minimum atomic E-state index is -0.537. The summed E-state index contributed by atoms with van der Waals surface area (Å²) in [5, 5.41) is 20.3. The summed E-state index contributed by atoms with van der Waals surface area (Å²) in [5.74, 6) is 3.52. The molecule has 1 aliphatic carbocycles. The molecule has 7 nitrogen and oxygen atoms in total. The Balaban J connectivity index is 1.12. The molecule has 0 amide bonds. The number of β-amino-alcohol motifs (C(OH)–C–C–N with tert-alkyl or cyclic N) is 1. The van der Waals surface area contributed by atoms with Crippen molar-refractivity contribution >= 4 is 34.1 Å². The fraction of sp³-hybridized carbons (Fsp3) is 0.367. The lowest BCUT2D eigenvalue weighted by atomic mass is 9.88. The lowest BCUT2D eigenvalue weighted by Crippen LogP contribution is -2.36. The highest BCUT2D eigenvalue weighted by molar-refractivity contribution is 6.32. The molecule has 194 valence electrons. The lowest BCUT2D eigenvalue weighted by Gasteiger charge is -2.33. The number of aromatic nitrogens is 4. The number of hydrogen-bond acceptors (Lipinski definition) is 6. The number of aliphatic hydroxyl groups is 1. The van der Waals surface area contributed by atoms with Crippen molar-refractivity contribution in [3.63, 3.8) is 0 Å². The molecular formula is C30H31ClN6O. The van der Waals surface area contributed by atoms with Crippen LogP contribution in [0.3, 0.4) is 0 Å². The molecular weight excluding hydrogens is 496 g/mol. The van der Waals surface area contributed by atoms with E-state index in [0.29, 0.717) is 24.5 Å². The molecule has 2 N–H and O–H groups in total. The Morgan fingerprint density at radius 3 is 2.61 bits per heavy atom. The van der Waals surface area contributed by atoms with E-state index in [0.717, 1.165) is 69.9 Å². The van der Waals surface area contributed by atoms with Gasteiger partial charge in [-0.05, 0) is 87.0 Å². The Morgan fingerprint density at radius 2 is 1.89 bits per heavy atom. The van der Waals surface area contributed by atoms with Crippen LogP contribution in [0.5, 0.6) is 0 Å². The van der Waals surface area contributed by atoms with Gasteiger partial charge in [-0.15, -0.1) is 6.42 Å². The van der Waals surface area contributed by atoms with E-state index in [1.54, 1.807) is 0 Å². The minimum Gasteiger partial charge on any atom is -0.387 e. The molecule has 0 bridgehead atoms. The van der Waals surface area contributed by atoms with E-state index >= 15 is 0 Å². The molecule has 1 saturated carbocycles. The first-order chi connectivity index (χ1) is 18.5. The molecule has 4 aromatic rings. The first-order valence-corrected chi connectivity index (χ1v) is 13.6. The van der Waals surface area contributed by atoms with Gasteiger partial charge in [0.05, 0.1) is 35.2 Å². The second-order valence-corrected chi connectivity index (χ2v) is 10.8. The average molecular weight is 527 g/mol. The van der Waals surface area contributed by atoms with Crippen molar-refractivity contribution in [1.82, 2.24) is 24.6 Å². The molecule has 2 fully saturated rings. The van der Waals surface area contributed by atoms with E-state index < -0.39 is 6.10 Å². The third-order valence-electron chi connectivity index (χ3n) is 7.80. The summed E-state index contributed by atoms with van der Waals surface area (Å²) in [5.41, 5.74) is 5.76. The number of halogens is 1. The van der Waals surface area contributed by atoms with Crippen LogP contribution in [0.4, 0.5) is 11.6 Å². The van der Waals surface area contributed by atoms with Crippen LogP contribution in [0.25, 0.3) is 10.9 Å². The predicted molar refractivity (Wildman–Crippen MR) is 151 cm³/mol. The standard InChI is InChI=1S/C30H31ClN6O/c1-3-20-4-6-22(7-5-20)29(38)18-36-12-10-21(11-13-36)25-15-27-23(14-26(25)31)16-32-30(34-27)35-28-17-33-37(19(28)2)24-8-9-24/h1,4-7,14-17,21,24,29,38H,8-13,18H2,2H3,(H,32,34,35). The van der Waals surface area contributed by atoms with Crippen molar-refractivity contribution < 1.29 is 5.11 Å². The number of nitrogens with one attached hydrogen (secondary N) is 1. The van der Waals surface area contributed by atoms with Gasteiger partial charge in [0.1, 0.15) is 0 Å². The summed E-state index contributed by atoms with van der Waals surface area (Å²) >= 11 is 6.74. The maximum Gasteiger partial charge on any atom is 0.227 e. The molecule has 0 spiro atoms. The summed E-state index contributed by atoms with van der Waals surface area (Å²) < 4.78 is 2.08. The SMILES string of the molecule is C#Cc1ccc(C(O)CN2CCC(c3cc4nc(Nc5cnn(C6CC6)c5C)ncc4cc3Cl)CC2)cc1. The average Bonchev–Trinajstić information content (AvgIpc) is 3.72. The van der Waals surface area contributed by atoms with E-state index in [1.807, 2.05) is 42.7 Å². The first-order valence-electron chi connectivity index (χ1n) is 13.2. The Hall–Kier alpha value is -3.44.